The van der Waals surface area contributed by atoms with Gasteiger partial charge in [0.15, 0.2) is 9.84 Å². The molecule has 0 bridgehead atoms. The fraction of sp³-hybridized carbons (Fsp3) is 0.600. The normalized spacial score (nSPS) is 17.3. The largest absolute Gasteiger partial charge is 0.393 e. The average molecular weight is 332 g/mol. The van der Waals surface area contributed by atoms with Gasteiger partial charge in [0.2, 0.25) is 0 Å². The molecule has 1 aromatic carbocycles. The van der Waals surface area contributed by atoms with Crippen molar-refractivity contribution >= 4 is 21.6 Å². The van der Waals surface area contributed by atoms with Gasteiger partial charge in [0.25, 0.3) is 0 Å². The van der Waals surface area contributed by atoms with Gasteiger partial charge in [-0.15, -0.1) is 11.8 Å². The molecular weight excluding hydrogens is 308 g/mol. The van der Waals surface area contributed by atoms with Crippen LogP contribution in [0.2, 0.25) is 0 Å². The Hall–Kier alpha value is -0.560. The average Bonchev–Trinajstić information content (AvgIpc) is 2.33. The predicted octanol–water partition coefficient (Wildman–Crippen LogP) is 2.23. The van der Waals surface area contributed by atoms with Crippen LogP contribution in [0, 0.1) is 12.8 Å². The minimum Gasteiger partial charge on any atom is -0.393 e. The Balaban J connectivity index is 3.33. The summed E-state index contributed by atoms with van der Waals surface area (Å²) < 4.78 is 24.7. The molecule has 0 aliphatic rings. The third-order valence-corrected chi connectivity index (χ3v) is 7.45. The van der Waals surface area contributed by atoms with E-state index >= 15 is 0 Å². The highest BCUT2D eigenvalue weighted by Crippen LogP contribution is 2.36. The molecule has 1 aromatic rings. The van der Waals surface area contributed by atoms with Crippen molar-refractivity contribution in [2.24, 2.45) is 5.92 Å². The Bertz CT molecular complexity index is 556. The number of rotatable bonds is 6. The number of aliphatic hydroxyl groups excluding tert-OH is 1. The highest BCUT2D eigenvalue weighted by atomic mass is 32.3. The van der Waals surface area contributed by atoms with Crippen LogP contribution in [0.5, 0.6) is 0 Å². The van der Waals surface area contributed by atoms with Gasteiger partial charge in [0.1, 0.15) is 4.58 Å². The van der Waals surface area contributed by atoms with Gasteiger partial charge in [-0.2, -0.15) is 0 Å². The second-order valence-electron chi connectivity index (χ2n) is 5.88. The Morgan fingerprint density at radius 3 is 2.00 bits per heavy atom. The topological polar surface area (TPSA) is 74.6 Å². The second kappa shape index (κ2) is 6.69. The molecule has 0 aliphatic heterocycles. The molecule has 21 heavy (non-hydrogen) atoms. The number of hydrogen-bond donors (Lipinski definition) is 2. The summed E-state index contributed by atoms with van der Waals surface area (Å²) in [6, 6.07) is 6.62. The van der Waals surface area contributed by atoms with Crippen LogP contribution >= 0.6 is 11.8 Å². The number of hydrogen-bond acceptors (Lipinski definition) is 5. The lowest BCUT2D eigenvalue weighted by Crippen LogP contribution is -2.47. The van der Waals surface area contributed by atoms with E-state index < -0.39 is 32.0 Å². The van der Waals surface area contributed by atoms with Crippen LogP contribution in [0.1, 0.15) is 26.3 Å². The first-order valence-electron chi connectivity index (χ1n) is 6.75. The van der Waals surface area contributed by atoms with Crippen molar-refractivity contribution in [3.05, 3.63) is 29.8 Å². The standard InChI is InChI=1S/C15H24O4S2/c1-10-6-8-12(9-7-10)21(18,19)14(20-5)13(11(2)16)15(3,4)17/h6-9,11,13-14,16-17H,1-5H3/t11-,13+,14-/m0/s1. The van der Waals surface area contributed by atoms with Crippen molar-refractivity contribution in [1.29, 1.82) is 0 Å². The molecule has 6 heteroatoms. The maximum absolute atomic E-state index is 12.8. The van der Waals surface area contributed by atoms with E-state index in [0.29, 0.717) is 0 Å². The molecule has 0 radical (unpaired) electrons. The van der Waals surface area contributed by atoms with Crippen molar-refractivity contribution in [2.75, 3.05) is 6.26 Å². The van der Waals surface area contributed by atoms with E-state index in [0.717, 1.165) is 17.3 Å². The summed E-state index contributed by atoms with van der Waals surface area (Å²) in [5, 5.41) is 20.2. The van der Waals surface area contributed by atoms with Crippen LogP contribution in [0.4, 0.5) is 0 Å². The number of aryl methyl sites for hydroxylation is 1. The van der Waals surface area contributed by atoms with E-state index in [-0.39, 0.29) is 4.90 Å². The second-order valence-corrected chi connectivity index (χ2v) is 9.23. The fourth-order valence-corrected chi connectivity index (χ4v) is 6.41. The highest BCUT2D eigenvalue weighted by Gasteiger charge is 2.44. The van der Waals surface area contributed by atoms with Gasteiger partial charge in [-0.3, -0.25) is 0 Å². The highest BCUT2D eigenvalue weighted by molar-refractivity contribution is 8.13. The smallest absolute Gasteiger partial charge is 0.190 e. The molecule has 0 saturated heterocycles. The molecule has 0 aromatic heterocycles. The first-order chi connectivity index (χ1) is 9.51. The van der Waals surface area contributed by atoms with Crippen LogP contribution in [-0.2, 0) is 9.84 Å². The van der Waals surface area contributed by atoms with Gasteiger partial charge < -0.3 is 10.2 Å². The third kappa shape index (κ3) is 4.22. The lowest BCUT2D eigenvalue weighted by Gasteiger charge is -2.36. The zero-order chi connectivity index (χ0) is 16.4. The van der Waals surface area contributed by atoms with Crippen molar-refractivity contribution in [1.82, 2.24) is 0 Å². The number of thioether (sulfide) groups is 1. The fourth-order valence-electron chi connectivity index (χ4n) is 2.48. The van der Waals surface area contributed by atoms with E-state index in [1.54, 1.807) is 30.5 Å². The molecule has 1 rings (SSSR count). The summed E-state index contributed by atoms with van der Waals surface area (Å²) in [6.45, 7) is 6.45. The first-order valence-corrected chi connectivity index (χ1v) is 9.59. The Morgan fingerprint density at radius 2 is 1.67 bits per heavy atom. The maximum atomic E-state index is 12.8. The predicted molar refractivity (Wildman–Crippen MR) is 87.1 cm³/mol. The number of sulfone groups is 1. The molecular formula is C15H24O4S2. The van der Waals surface area contributed by atoms with Gasteiger partial charge in [-0.1, -0.05) is 17.7 Å². The molecule has 4 nitrogen and oxygen atoms in total. The van der Waals surface area contributed by atoms with Crippen LogP contribution < -0.4 is 0 Å². The van der Waals surface area contributed by atoms with Crippen LogP contribution in [0.15, 0.2) is 29.2 Å². The summed E-state index contributed by atoms with van der Waals surface area (Å²) in [5.41, 5.74) is -0.330. The molecule has 0 heterocycles. The van der Waals surface area contributed by atoms with Gasteiger partial charge in [-0.25, -0.2) is 8.42 Å². The van der Waals surface area contributed by atoms with Crippen LogP contribution in [0.3, 0.4) is 0 Å². The lowest BCUT2D eigenvalue weighted by molar-refractivity contribution is -0.0330. The minimum absolute atomic E-state index is 0.211. The van der Waals surface area contributed by atoms with E-state index in [1.807, 2.05) is 6.92 Å². The van der Waals surface area contributed by atoms with Crippen molar-refractivity contribution in [3.63, 3.8) is 0 Å². The summed E-state index contributed by atoms with van der Waals surface area (Å²) >= 11 is 1.13. The molecule has 0 saturated carbocycles. The molecule has 0 aliphatic carbocycles. The van der Waals surface area contributed by atoms with Crippen molar-refractivity contribution < 1.29 is 18.6 Å². The van der Waals surface area contributed by atoms with Crippen molar-refractivity contribution in [2.45, 2.75) is 48.9 Å². The molecule has 0 spiro atoms. The number of aliphatic hydroxyl groups is 2. The molecule has 0 unspecified atom stereocenters. The van der Waals surface area contributed by atoms with E-state index in [2.05, 4.69) is 0 Å². The van der Waals surface area contributed by atoms with Gasteiger partial charge >= 0.3 is 0 Å². The quantitative estimate of drug-likeness (QED) is 0.835. The first kappa shape index (κ1) is 18.5. The molecule has 0 fully saturated rings. The molecule has 2 N–H and O–H groups in total. The summed E-state index contributed by atoms with van der Waals surface area (Å²) in [7, 11) is -3.65. The van der Waals surface area contributed by atoms with Crippen LogP contribution in [0.25, 0.3) is 0 Å². The molecule has 0 amide bonds. The van der Waals surface area contributed by atoms with Crippen molar-refractivity contribution in [3.8, 4) is 0 Å². The van der Waals surface area contributed by atoms with E-state index in [1.165, 1.54) is 20.8 Å². The summed E-state index contributed by atoms with van der Waals surface area (Å²) in [4.78, 5) is 0.211. The van der Waals surface area contributed by atoms with Crippen LogP contribution in [-0.4, -0.2) is 41.2 Å². The van der Waals surface area contributed by atoms with Gasteiger partial charge in [0.05, 0.1) is 16.6 Å². The maximum Gasteiger partial charge on any atom is 0.190 e. The summed E-state index contributed by atoms with van der Waals surface area (Å²) in [6.07, 6.45) is 0.736. The van der Waals surface area contributed by atoms with E-state index in [4.69, 9.17) is 0 Å². The SMILES string of the molecule is CS[C@H]([C@@H]([C@H](C)O)C(C)(C)O)S(=O)(=O)c1ccc(C)cc1. The third-order valence-electron chi connectivity index (χ3n) is 3.52. The Labute approximate surface area is 131 Å². The zero-order valence-electron chi connectivity index (χ0n) is 13.1. The monoisotopic (exact) mass is 332 g/mol. The Kier molecular flexibility index (Phi) is 5.89. The lowest BCUT2D eigenvalue weighted by atomic mass is 9.88. The Morgan fingerprint density at radius 1 is 1.19 bits per heavy atom. The van der Waals surface area contributed by atoms with E-state index in [9.17, 15) is 18.6 Å². The molecule has 3 atom stereocenters. The van der Waals surface area contributed by atoms with Gasteiger partial charge in [0, 0.05) is 5.92 Å². The minimum atomic E-state index is -3.65. The van der Waals surface area contributed by atoms with Gasteiger partial charge in [-0.05, 0) is 46.1 Å². The summed E-state index contributed by atoms with van der Waals surface area (Å²) in [5.74, 6) is -0.793. The molecule has 120 valence electrons. The zero-order valence-corrected chi connectivity index (χ0v) is 14.7. The number of benzene rings is 1.